The predicted molar refractivity (Wildman–Crippen MR) is 155 cm³/mol. The maximum Gasteiger partial charge on any atom is 0.348 e. The van der Waals surface area contributed by atoms with Crippen LogP contribution in [0.1, 0.15) is 60.8 Å². The Kier molecular flexibility index (Phi) is 9.38. The van der Waals surface area contributed by atoms with E-state index in [1.165, 1.54) is 24.3 Å². The molecule has 0 spiro atoms. The number of anilines is 2. The summed E-state index contributed by atoms with van der Waals surface area (Å²) in [5.41, 5.74) is 0.730. The number of carbonyl (C=O) groups excluding carboxylic acids is 2. The van der Waals surface area contributed by atoms with Gasteiger partial charge in [0.05, 0.1) is 37.0 Å². The number of imidazole rings is 2. The van der Waals surface area contributed by atoms with Crippen LogP contribution in [-0.4, -0.2) is 29.4 Å². The molecule has 0 aliphatic heterocycles. The van der Waals surface area contributed by atoms with E-state index >= 15 is 0 Å². The summed E-state index contributed by atoms with van der Waals surface area (Å²) in [6, 6.07) is 12.4. The third kappa shape index (κ3) is 6.74. The highest BCUT2D eigenvalue weighted by Gasteiger charge is 2.26. The molecule has 0 bridgehead atoms. The molecule has 10 nitrogen and oxygen atoms in total. The van der Waals surface area contributed by atoms with Gasteiger partial charge in [0.1, 0.15) is 24.8 Å². The Morgan fingerprint density at radius 2 is 1.15 bits per heavy atom. The first-order chi connectivity index (χ1) is 19.6. The van der Waals surface area contributed by atoms with Gasteiger partial charge < -0.3 is 10.6 Å². The molecule has 2 N–H and O–H groups in total. The van der Waals surface area contributed by atoms with Crippen LogP contribution in [0.15, 0.2) is 83.1 Å². The highest BCUT2D eigenvalue weighted by atomic mass is 32.2. The van der Waals surface area contributed by atoms with Crippen molar-refractivity contribution < 1.29 is 27.1 Å². The van der Waals surface area contributed by atoms with E-state index in [1.807, 2.05) is 33.9 Å². The SMILES string of the molecule is CCCCn1cc[n+](C)c1C(=O)Nc1cccc(S(=O)(=O)c2cccc(NC(=O)c3n(CCCC)cc[n+]3C)c2)c1. The van der Waals surface area contributed by atoms with E-state index in [0.29, 0.717) is 36.1 Å². The molecule has 0 saturated heterocycles. The number of nitrogens with zero attached hydrogens (tertiary/aromatic N) is 4. The van der Waals surface area contributed by atoms with Crippen molar-refractivity contribution in [1.29, 1.82) is 0 Å². The van der Waals surface area contributed by atoms with Crippen LogP contribution in [-0.2, 0) is 37.0 Å². The Bertz CT molecular complexity index is 1540. The van der Waals surface area contributed by atoms with E-state index in [9.17, 15) is 18.0 Å². The number of hydrogen-bond acceptors (Lipinski definition) is 4. The Hall–Kier alpha value is -4.25. The molecule has 4 rings (SSSR count). The van der Waals surface area contributed by atoms with Crippen LogP contribution in [0.3, 0.4) is 0 Å². The summed E-state index contributed by atoms with van der Waals surface area (Å²) in [5.74, 6) is 0.295. The maximum atomic E-state index is 13.6. The zero-order valence-electron chi connectivity index (χ0n) is 24.0. The molecule has 0 saturated carbocycles. The minimum Gasteiger partial charge on any atom is -0.315 e. The lowest BCUT2D eigenvalue weighted by atomic mass is 10.3. The molecule has 0 radical (unpaired) electrons. The minimum absolute atomic E-state index is 0.0318. The van der Waals surface area contributed by atoms with E-state index in [2.05, 4.69) is 24.5 Å². The first kappa shape index (κ1) is 29.7. The second-order valence-corrected chi connectivity index (χ2v) is 12.0. The molecule has 0 unspecified atom stereocenters. The summed E-state index contributed by atoms with van der Waals surface area (Å²) in [6.45, 7) is 5.60. The lowest BCUT2D eigenvalue weighted by molar-refractivity contribution is -0.673. The monoisotopic (exact) mass is 578 g/mol. The van der Waals surface area contributed by atoms with Crippen LogP contribution >= 0.6 is 0 Å². The Labute approximate surface area is 241 Å². The average Bonchev–Trinajstić information content (AvgIpc) is 3.52. The topological polar surface area (TPSA) is 110 Å². The number of sulfone groups is 1. The van der Waals surface area contributed by atoms with E-state index in [1.54, 1.807) is 47.5 Å². The van der Waals surface area contributed by atoms with Gasteiger partial charge >= 0.3 is 23.5 Å². The number of rotatable bonds is 12. The van der Waals surface area contributed by atoms with Crippen molar-refractivity contribution in [3.8, 4) is 0 Å². The van der Waals surface area contributed by atoms with Crippen LogP contribution < -0.4 is 19.8 Å². The number of aromatic nitrogens is 4. The van der Waals surface area contributed by atoms with Gasteiger partial charge in [0, 0.05) is 11.4 Å². The molecule has 0 aliphatic rings. The second-order valence-electron chi connectivity index (χ2n) is 10.0. The highest BCUT2D eigenvalue weighted by Crippen LogP contribution is 2.26. The molecule has 0 fully saturated rings. The van der Waals surface area contributed by atoms with Crippen molar-refractivity contribution in [1.82, 2.24) is 9.13 Å². The molecular weight excluding hydrogens is 540 g/mol. The molecule has 4 aromatic rings. The maximum absolute atomic E-state index is 13.6. The number of unbranched alkanes of at least 4 members (excludes halogenated alkanes) is 2. The molecule has 41 heavy (non-hydrogen) atoms. The lowest BCUT2D eigenvalue weighted by Crippen LogP contribution is -2.37. The molecule has 2 heterocycles. The highest BCUT2D eigenvalue weighted by molar-refractivity contribution is 7.91. The third-order valence-corrected chi connectivity index (χ3v) is 8.62. The average molecular weight is 579 g/mol. The van der Waals surface area contributed by atoms with Crippen molar-refractivity contribution >= 4 is 33.0 Å². The van der Waals surface area contributed by atoms with Gasteiger partial charge in [-0.1, -0.05) is 38.8 Å². The molecule has 0 aliphatic carbocycles. The summed E-state index contributed by atoms with van der Waals surface area (Å²) in [7, 11) is -0.347. The quantitative estimate of drug-likeness (QED) is 0.249. The zero-order valence-corrected chi connectivity index (χ0v) is 24.8. The number of amides is 2. The van der Waals surface area contributed by atoms with Gasteiger partial charge in [0.2, 0.25) is 9.84 Å². The van der Waals surface area contributed by atoms with Crippen molar-refractivity contribution in [2.24, 2.45) is 14.1 Å². The van der Waals surface area contributed by atoms with Crippen LogP contribution in [0.2, 0.25) is 0 Å². The molecule has 0 atom stereocenters. The van der Waals surface area contributed by atoms with E-state index in [-0.39, 0.29) is 21.6 Å². The van der Waals surface area contributed by atoms with Gasteiger partial charge in [-0.15, -0.1) is 0 Å². The van der Waals surface area contributed by atoms with E-state index in [0.717, 1.165) is 25.7 Å². The minimum atomic E-state index is -3.94. The fourth-order valence-electron chi connectivity index (χ4n) is 4.64. The van der Waals surface area contributed by atoms with Gasteiger partial charge in [-0.3, -0.25) is 9.59 Å². The molecule has 216 valence electrons. The number of aryl methyl sites for hydroxylation is 4. The van der Waals surface area contributed by atoms with Gasteiger partial charge in [-0.2, -0.15) is 0 Å². The molecule has 2 amide bonds. The van der Waals surface area contributed by atoms with Crippen LogP contribution in [0.5, 0.6) is 0 Å². The van der Waals surface area contributed by atoms with Crippen molar-refractivity contribution in [3.05, 3.63) is 85.0 Å². The zero-order chi connectivity index (χ0) is 29.6. The molecular formula is C30H38N6O4S+2. The third-order valence-electron chi connectivity index (χ3n) is 6.87. The van der Waals surface area contributed by atoms with E-state index < -0.39 is 9.84 Å². The van der Waals surface area contributed by atoms with Gasteiger partial charge in [0.25, 0.3) is 0 Å². The first-order valence-corrected chi connectivity index (χ1v) is 15.3. The molecule has 11 heteroatoms. The van der Waals surface area contributed by atoms with Gasteiger partial charge in [-0.25, -0.2) is 26.7 Å². The standard InChI is InChI=1S/C30H36N6O4S/c1-5-7-15-35-19-17-33(3)29(35)27(37)31-23-11-9-13-25(21-23)41(39,40)26-14-10-12-24(22-26)32-28(38)30-34(4)18-20-36(30)16-8-6-2/h9-14,17-22H,5-8,15-16H2,1-4H3/p+2. The number of benzene rings is 2. The predicted octanol–water partition coefficient (Wildman–Crippen LogP) is 3.88. The summed E-state index contributed by atoms with van der Waals surface area (Å²) in [6.07, 6.45) is 11.2. The summed E-state index contributed by atoms with van der Waals surface area (Å²) >= 11 is 0. The van der Waals surface area contributed by atoms with E-state index in [4.69, 9.17) is 0 Å². The van der Waals surface area contributed by atoms with Crippen molar-refractivity contribution in [2.45, 2.75) is 62.4 Å². The lowest BCUT2D eigenvalue weighted by Gasteiger charge is -2.10. The van der Waals surface area contributed by atoms with Crippen LogP contribution in [0, 0.1) is 0 Å². The van der Waals surface area contributed by atoms with Crippen molar-refractivity contribution in [2.75, 3.05) is 10.6 Å². The summed E-state index contributed by atoms with van der Waals surface area (Å²) < 4.78 is 34.4. The normalized spacial score (nSPS) is 11.4. The van der Waals surface area contributed by atoms with Gasteiger partial charge in [0.15, 0.2) is 0 Å². The molecule has 2 aromatic carbocycles. The first-order valence-electron chi connectivity index (χ1n) is 13.8. The number of hydrogen-bond donors (Lipinski definition) is 2. The summed E-state index contributed by atoms with van der Waals surface area (Å²) in [4.78, 5) is 26.3. The fraction of sp³-hybridized carbons (Fsp3) is 0.333. The number of nitrogens with one attached hydrogen (secondary N) is 2. The Morgan fingerprint density at radius 3 is 1.54 bits per heavy atom. The largest absolute Gasteiger partial charge is 0.348 e. The summed E-state index contributed by atoms with van der Waals surface area (Å²) in [5, 5.41) is 5.67. The molecule has 2 aromatic heterocycles. The smallest absolute Gasteiger partial charge is 0.315 e. The van der Waals surface area contributed by atoms with Gasteiger partial charge in [-0.05, 0) is 49.2 Å². The Morgan fingerprint density at radius 1 is 0.732 bits per heavy atom. The number of carbonyl (C=O) groups is 2. The van der Waals surface area contributed by atoms with Crippen LogP contribution in [0.4, 0.5) is 11.4 Å². The fourth-order valence-corrected chi connectivity index (χ4v) is 5.99. The Balaban J connectivity index is 1.54. The van der Waals surface area contributed by atoms with Crippen molar-refractivity contribution in [3.63, 3.8) is 0 Å². The van der Waals surface area contributed by atoms with Crippen LogP contribution in [0.25, 0.3) is 0 Å². The second kappa shape index (κ2) is 12.9.